The predicted octanol–water partition coefficient (Wildman–Crippen LogP) is 2.80. The fourth-order valence-electron chi connectivity index (χ4n) is 3.40. The van der Waals surface area contributed by atoms with Crippen molar-refractivity contribution >= 4 is 17.5 Å². The Kier molecular flexibility index (Phi) is 4.20. The number of carbonyl (C=O) groups excluding carboxylic acids is 1. The standard InChI is InChI=1S/C18H15ClF2N2O3/c19-16-15(14-11(20)2-1-3-13(14)24)12(21)6-10-17(16)26-8-9-7-22-4-5-23(9)18(10)25/h1-3,6,9,22,24H,4-5,7-8H2/t9-/m1/s1. The van der Waals surface area contributed by atoms with Crippen LogP contribution in [0.5, 0.6) is 11.5 Å². The molecular weight excluding hydrogens is 366 g/mol. The van der Waals surface area contributed by atoms with Gasteiger partial charge in [-0.3, -0.25) is 4.79 Å². The largest absolute Gasteiger partial charge is 0.507 e. The highest BCUT2D eigenvalue weighted by atomic mass is 35.5. The molecule has 1 fully saturated rings. The van der Waals surface area contributed by atoms with E-state index in [1.165, 1.54) is 12.1 Å². The third-order valence-corrected chi connectivity index (χ3v) is 5.04. The first-order chi connectivity index (χ1) is 12.5. The third-order valence-electron chi connectivity index (χ3n) is 4.68. The molecule has 0 unspecified atom stereocenters. The highest BCUT2D eigenvalue weighted by Gasteiger charge is 2.36. The smallest absolute Gasteiger partial charge is 0.258 e. The van der Waals surface area contributed by atoms with Gasteiger partial charge in [-0.2, -0.15) is 0 Å². The summed E-state index contributed by atoms with van der Waals surface area (Å²) in [6.07, 6.45) is 0. The van der Waals surface area contributed by atoms with Gasteiger partial charge >= 0.3 is 0 Å². The van der Waals surface area contributed by atoms with E-state index in [-0.39, 0.29) is 46.0 Å². The number of fused-ring (bicyclic) bond motifs is 2. The van der Waals surface area contributed by atoms with Crippen LogP contribution in [0, 0.1) is 11.6 Å². The Hall–Kier alpha value is -2.38. The fraction of sp³-hybridized carbons (Fsp3) is 0.278. The summed E-state index contributed by atoms with van der Waals surface area (Å²) in [6.45, 7) is 1.84. The highest BCUT2D eigenvalue weighted by molar-refractivity contribution is 6.35. The van der Waals surface area contributed by atoms with Crippen LogP contribution in [0.15, 0.2) is 24.3 Å². The van der Waals surface area contributed by atoms with E-state index in [0.29, 0.717) is 19.6 Å². The molecule has 1 atom stereocenters. The molecule has 136 valence electrons. The lowest BCUT2D eigenvalue weighted by Crippen LogP contribution is -2.54. The summed E-state index contributed by atoms with van der Waals surface area (Å²) in [6, 6.07) is 4.42. The van der Waals surface area contributed by atoms with Gasteiger partial charge < -0.3 is 20.1 Å². The minimum Gasteiger partial charge on any atom is -0.507 e. The first-order valence-electron chi connectivity index (χ1n) is 8.13. The van der Waals surface area contributed by atoms with Gasteiger partial charge in [0.15, 0.2) is 5.75 Å². The number of hydrogen-bond donors (Lipinski definition) is 2. The van der Waals surface area contributed by atoms with E-state index in [2.05, 4.69) is 5.32 Å². The lowest BCUT2D eigenvalue weighted by molar-refractivity contribution is 0.0606. The molecule has 2 aromatic carbocycles. The summed E-state index contributed by atoms with van der Waals surface area (Å²) in [5, 5.41) is 12.9. The molecule has 2 N–H and O–H groups in total. The zero-order valence-corrected chi connectivity index (χ0v) is 14.3. The maximum absolute atomic E-state index is 14.8. The van der Waals surface area contributed by atoms with Crippen LogP contribution in [0.1, 0.15) is 10.4 Å². The number of amides is 1. The lowest BCUT2D eigenvalue weighted by Gasteiger charge is -2.33. The van der Waals surface area contributed by atoms with Crippen molar-refractivity contribution in [1.29, 1.82) is 0 Å². The monoisotopic (exact) mass is 380 g/mol. The van der Waals surface area contributed by atoms with E-state index in [0.717, 1.165) is 12.1 Å². The number of ether oxygens (including phenoxy) is 1. The second kappa shape index (κ2) is 6.41. The Morgan fingerprint density at radius 3 is 2.85 bits per heavy atom. The number of halogens is 3. The van der Waals surface area contributed by atoms with E-state index in [9.17, 15) is 18.7 Å². The number of benzene rings is 2. The number of phenols is 1. The van der Waals surface area contributed by atoms with Gasteiger partial charge in [0.05, 0.1) is 22.2 Å². The molecule has 0 spiro atoms. The van der Waals surface area contributed by atoms with Crippen LogP contribution in [0.3, 0.4) is 0 Å². The number of nitrogens with zero attached hydrogens (tertiary/aromatic N) is 1. The second-order valence-electron chi connectivity index (χ2n) is 6.23. The van der Waals surface area contributed by atoms with Crippen molar-refractivity contribution in [2.45, 2.75) is 6.04 Å². The van der Waals surface area contributed by atoms with Crippen LogP contribution in [0.25, 0.3) is 11.1 Å². The van der Waals surface area contributed by atoms with Gasteiger partial charge in [0.1, 0.15) is 24.0 Å². The average Bonchev–Trinajstić information content (AvgIpc) is 2.75. The minimum absolute atomic E-state index is 0.00326. The second-order valence-corrected chi connectivity index (χ2v) is 6.60. The van der Waals surface area contributed by atoms with Crippen molar-refractivity contribution < 1.29 is 23.4 Å². The van der Waals surface area contributed by atoms with Crippen LogP contribution in [0.4, 0.5) is 8.78 Å². The Morgan fingerprint density at radius 1 is 1.27 bits per heavy atom. The van der Waals surface area contributed by atoms with Crippen LogP contribution in [0.2, 0.25) is 5.02 Å². The van der Waals surface area contributed by atoms with Gasteiger partial charge in [-0.05, 0) is 18.2 Å². The van der Waals surface area contributed by atoms with E-state index in [1.54, 1.807) is 4.90 Å². The molecule has 2 heterocycles. The van der Waals surface area contributed by atoms with Gasteiger partial charge in [0.2, 0.25) is 0 Å². The summed E-state index contributed by atoms with van der Waals surface area (Å²) in [5.74, 6) is -2.56. The van der Waals surface area contributed by atoms with E-state index in [4.69, 9.17) is 16.3 Å². The van der Waals surface area contributed by atoms with Gasteiger partial charge in [-0.15, -0.1) is 0 Å². The number of nitrogens with one attached hydrogen (secondary N) is 1. The Bertz CT molecular complexity index is 886. The number of rotatable bonds is 1. The van der Waals surface area contributed by atoms with Gasteiger partial charge in [0.25, 0.3) is 5.91 Å². The molecule has 5 nitrogen and oxygen atoms in total. The average molecular weight is 381 g/mol. The van der Waals surface area contributed by atoms with Crippen LogP contribution < -0.4 is 10.1 Å². The molecule has 0 saturated carbocycles. The summed E-state index contributed by atoms with van der Waals surface area (Å²) in [7, 11) is 0. The summed E-state index contributed by atoms with van der Waals surface area (Å²) in [4.78, 5) is 14.4. The molecule has 26 heavy (non-hydrogen) atoms. The van der Waals surface area contributed by atoms with Crippen LogP contribution >= 0.6 is 11.6 Å². The maximum atomic E-state index is 14.8. The van der Waals surface area contributed by atoms with Crippen molar-refractivity contribution in [1.82, 2.24) is 10.2 Å². The molecule has 0 radical (unpaired) electrons. The number of phenolic OH excluding ortho intramolecular Hbond substituents is 1. The number of carbonyl (C=O) groups is 1. The lowest BCUT2D eigenvalue weighted by atomic mass is 9.99. The molecule has 1 saturated heterocycles. The molecule has 0 bridgehead atoms. The van der Waals surface area contributed by atoms with E-state index >= 15 is 0 Å². The van der Waals surface area contributed by atoms with Crippen molar-refractivity contribution in [3.05, 3.63) is 46.5 Å². The molecule has 2 aliphatic rings. The van der Waals surface area contributed by atoms with Gasteiger partial charge in [0, 0.05) is 25.2 Å². The zero-order chi connectivity index (χ0) is 18.4. The molecule has 8 heteroatoms. The van der Waals surface area contributed by atoms with Crippen LogP contribution in [-0.4, -0.2) is 48.2 Å². The third kappa shape index (κ3) is 2.59. The molecular formula is C18H15ClF2N2O3. The number of piperazine rings is 1. The number of aromatic hydroxyl groups is 1. The summed E-state index contributed by atoms with van der Waals surface area (Å²) in [5.41, 5.74) is -0.694. The molecule has 1 amide bonds. The highest BCUT2D eigenvalue weighted by Crippen LogP contribution is 2.45. The minimum atomic E-state index is -0.903. The predicted molar refractivity (Wildman–Crippen MR) is 91.7 cm³/mol. The topological polar surface area (TPSA) is 61.8 Å². The summed E-state index contributed by atoms with van der Waals surface area (Å²) >= 11 is 6.32. The van der Waals surface area contributed by atoms with Gasteiger partial charge in [-0.25, -0.2) is 8.78 Å². The Labute approximate surface area is 153 Å². The molecule has 0 aromatic heterocycles. The fourth-order valence-corrected chi connectivity index (χ4v) is 3.74. The van der Waals surface area contributed by atoms with Crippen molar-refractivity contribution in [2.24, 2.45) is 0 Å². The normalized spacial score (nSPS) is 19.4. The van der Waals surface area contributed by atoms with Crippen molar-refractivity contribution in [2.75, 3.05) is 26.2 Å². The molecule has 2 aliphatic heterocycles. The van der Waals surface area contributed by atoms with E-state index < -0.39 is 17.4 Å². The van der Waals surface area contributed by atoms with Crippen molar-refractivity contribution in [3.8, 4) is 22.6 Å². The maximum Gasteiger partial charge on any atom is 0.258 e. The molecule has 0 aliphatic carbocycles. The first kappa shape index (κ1) is 17.1. The van der Waals surface area contributed by atoms with E-state index in [1.807, 2.05) is 0 Å². The zero-order valence-electron chi connectivity index (χ0n) is 13.6. The molecule has 2 aromatic rings. The quantitative estimate of drug-likeness (QED) is 0.798. The van der Waals surface area contributed by atoms with Gasteiger partial charge in [-0.1, -0.05) is 17.7 Å². The molecule has 4 rings (SSSR count). The van der Waals surface area contributed by atoms with Crippen LogP contribution in [-0.2, 0) is 0 Å². The summed E-state index contributed by atoms with van der Waals surface area (Å²) < 4.78 is 34.7. The van der Waals surface area contributed by atoms with Crippen molar-refractivity contribution in [3.63, 3.8) is 0 Å². The Morgan fingerprint density at radius 2 is 2.08 bits per heavy atom. The SMILES string of the molecule is O=C1c2cc(F)c(-c3c(O)cccc3F)c(Cl)c2OC[C@H]2CNCCN12. The first-order valence-corrected chi connectivity index (χ1v) is 8.51. The Balaban J connectivity index is 1.90. The number of hydrogen-bond acceptors (Lipinski definition) is 4.